The summed E-state index contributed by atoms with van der Waals surface area (Å²) in [5.74, 6) is -0.509. The standard InChI is InChI=1S/C9H11N3O2/c1-2-14-9(13)5-7(6-11)8(12)3-4-10/h2-3,5,12H2,1H3/b8-7+. The van der Waals surface area contributed by atoms with Crippen LogP contribution in [-0.4, -0.2) is 12.6 Å². The SMILES string of the molecule is CCOC(=O)C/C(C#N)=C(\N)CC#N. The monoisotopic (exact) mass is 193 g/mol. The molecule has 0 atom stereocenters. The number of carbonyl (C=O) groups excluding carboxylic acids is 1. The van der Waals surface area contributed by atoms with Gasteiger partial charge in [-0.15, -0.1) is 0 Å². The summed E-state index contributed by atoms with van der Waals surface area (Å²) in [6.07, 6.45) is -0.222. The number of carbonyl (C=O) groups is 1. The van der Waals surface area contributed by atoms with Gasteiger partial charge in [0, 0.05) is 5.70 Å². The normalized spacial score (nSPS) is 10.8. The minimum atomic E-state index is -0.509. The largest absolute Gasteiger partial charge is 0.466 e. The van der Waals surface area contributed by atoms with Crippen LogP contribution in [0.1, 0.15) is 19.8 Å². The molecule has 5 heteroatoms. The highest BCUT2D eigenvalue weighted by atomic mass is 16.5. The van der Waals surface area contributed by atoms with E-state index in [1.165, 1.54) is 0 Å². The first-order valence-corrected chi connectivity index (χ1v) is 4.05. The van der Waals surface area contributed by atoms with Gasteiger partial charge in [-0.1, -0.05) is 0 Å². The van der Waals surface area contributed by atoms with Crippen LogP contribution < -0.4 is 5.73 Å². The maximum Gasteiger partial charge on any atom is 0.311 e. The summed E-state index contributed by atoms with van der Waals surface area (Å²) < 4.78 is 4.64. The number of ether oxygens (including phenoxy) is 1. The molecule has 0 aromatic rings. The van der Waals surface area contributed by atoms with E-state index in [-0.39, 0.29) is 30.7 Å². The molecule has 2 N–H and O–H groups in total. The van der Waals surface area contributed by atoms with E-state index in [0.29, 0.717) is 0 Å². The molecule has 0 fully saturated rings. The van der Waals surface area contributed by atoms with Crippen molar-refractivity contribution < 1.29 is 9.53 Å². The smallest absolute Gasteiger partial charge is 0.311 e. The van der Waals surface area contributed by atoms with Gasteiger partial charge in [0.15, 0.2) is 0 Å². The minimum absolute atomic E-state index is 0.0533. The van der Waals surface area contributed by atoms with Gasteiger partial charge in [-0.25, -0.2) is 0 Å². The highest BCUT2D eigenvalue weighted by Crippen LogP contribution is 2.07. The number of nitrogens with zero attached hydrogens (tertiary/aromatic N) is 2. The van der Waals surface area contributed by atoms with Gasteiger partial charge in [-0.2, -0.15) is 10.5 Å². The molecule has 0 saturated carbocycles. The van der Waals surface area contributed by atoms with E-state index in [2.05, 4.69) is 4.74 Å². The average molecular weight is 193 g/mol. The fourth-order valence-corrected chi connectivity index (χ4v) is 0.773. The van der Waals surface area contributed by atoms with Crippen LogP contribution in [0.5, 0.6) is 0 Å². The first-order valence-electron chi connectivity index (χ1n) is 4.05. The Kier molecular flexibility index (Phi) is 5.57. The molecule has 5 nitrogen and oxygen atoms in total. The number of allylic oxidation sites excluding steroid dienone is 1. The van der Waals surface area contributed by atoms with Gasteiger partial charge in [-0.05, 0) is 6.92 Å². The summed E-state index contributed by atoms with van der Waals surface area (Å²) in [4.78, 5) is 11.0. The number of nitriles is 2. The van der Waals surface area contributed by atoms with Crippen LogP contribution in [0.4, 0.5) is 0 Å². The van der Waals surface area contributed by atoms with Gasteiger partial charge in [0.2, 0.25) is 0 Å². The Labute approximate surface area is 82.4 Å². The van der Waals surface area contributed by atoms with E-state index in [9.17, 15) is 4.79 Å². The Morgan fingerprint density at radius 2 is 2.14 bits per heavy atom. The zero-order valence-corrected chi connectivity index (χ0v) is 7.91. The first kappa shape index (κ1) is 12.0. The third kappa shape index (κ3) is 4.13. The third-order valence-electron chi connectivity index (χ3n) is 1.42. The Balaban J connectivity index is 4.46. The van der Waals surface area contributed by atoms with Gasteiger partial charge >= 0.3 is 5.97 Å². The molecule has 0 heterocycles. The molecule has 0 unspecified atom stereocenters. The Hall–Kier alpha value is -2.01. The van der Waals surface area contributed by atoms with Gasteiger partial charge in [0.1, 0.15) is 0 Å². The molecule has 0 aliphatic heterocycles. The van der Waals surface area contributed by atoms with Crippen LogP contribution in [0.15, 0.2) is 11.3 Å². The molecule has 0 saturated heterocycles. The second-order valence-corrected chi connectivity index (χ2v) is 2.43. The lowest BCUT2D eigenvalue weighted by atomic mass is 10.1. The maximum atomic E-state index is 11.0. The zero-order valence-electron chi connectivity index (χ0n) is 7.91. The molecular formula is C9H11N3O2. The predicted octanol–water partition coefficient (Wildman–Crippen LogP) is 0.590. The molecule has 0 aliphatic carbocycles. The van der Waals surface area contributed by atoms with Crippen LogP contribution in [0.3, 0.4) is 0 Å². The molecule has 0 aromatic heterocycles. The summed E-state index contributed by atoms with van der Waals surface area (Å²) in [5, 5.41) is 17.0. The fourth-order valence-electron chi connectivity index (χ4n) is 0.773. The van der Waals surface area contributed by atoms with Crippen LogP contribution in [-0.2, 0) is 9.53 Å². The van der Waals surface area contributed by atoms with Crippen LogP contribution >= 0.6 is 0 Å². The molecule has 0 bridgehead atoms. The Morgan fingerprint density at radius 1 is 1.50 bits per heavy atom. The van der Waals surface area contributed by atoms with Crippen molar-refractivity contribution in [2.45, 2.75) is 19.8 Å². The molecule has 0 spiro atoms. The Bertz CT molecular complexity index is 320. The van der Waals surface area contributed by atoms with Crippen molar-refractivity contribution in [3.63, 3.8) is 0 Å². The molecule has 74 valence electrons. The molecule has 0 rings (SSSR count). The third-order valence-corrected chi connectivity index (χ3v) is 1.42. The summed E-state index contributed by atoms with van der Waals surface area (Å²) in [6, 6.07) is 3.58. The van der Waals surface area contributed by atoms with Crippen molar-refractivity contribution in [1.29, 1.82) is 10.5 Å². The first-order chi connectivity index (χ1) is 6.65. The molecule has 0 radical (unpaired) electrons. The van der Waals surface area contributed by atoms with Gasteiger partial charge in [0.25, 0.3) is 0 Å². The number of hydrogen-bond acceptors (Lipinski definition) is 5. The lowest BCUT2D eigenvalue weighted by Crippen LogP contribution is -2.09. The van der Waals surface area contributed by atoms with Crippen molar-refractivity contribution in [3.05, 3.63) is 11.3 Å². The molecular weight excluding hydrogens is 182 g/mol. The fraction of sp³-hybridized carbons (Fsp3) is 0.444. The van der Waals surface area contributed by atoms with Crippen molar-refractivity contribution in [2.75, 3.05) is 6.61 Å². The lowest BCUT2D eigenvalue weighted by molar-refractivity contribution is -0.142. The van der Waals surface area contributed by atoms with Crippen molar-refractivity contribution >= 4 is 5.97 Å². The lowest BCUT2D eigenvalue weighted by Gasteiger charge is -2.02. The predicted molar refractivity (Wildman–Crippen MR) is 48.3 cm³/mol. The van der Waals surface area contributed by atoms with Crippen LogP contribution in [0.2, 0.25) is 0 Å². The van der Waals surface area contributed by atoms with E-state index in [1.54, 1.807) is 19.1 Å². The van der Waals surface area contributed by atoms with Crippen LogP contribution in [0.25, 0.3) is 0 Å². The zero-order chi connectivity index (χ0) is 11.0. The number of rotatable bonds is 4. The van der Waals surface area contributed by atoms with Gasteiger partial charge in [-0.3, -0.25) is 4.79 Å². The Morgan fingerprint density at radius 3 is 2.57 bits per heavy atom. The van der Waals surface area contributed by atoms with E-state index >= 15 is 0 Å². The highest BCUT2D eigenvalue weighted by Gasteiger charge is 2.09. The van der Waals surface area contributed by atoms with E-state index in [0.717, 1.165) is 0 Å². The van der Waals surface area contributed by atoms with E-state index in [4.69, 9.17) is 16.3 Å². The molecule has 0 aromatic carbocycles. The molecule has 0 amide bonds. The topological polar surface area (TPSA) is 99.9 Å². The summed E-state index contributed by atoms with van der Waals surface area (Å²) in [6.45, 7) is 1.93. The molecule has 14 heavy (non-hydrogen) atoms. The van der Waals surface area contributed by atoms with Crippen LogP contribution in [0, 0.1) is 22.7 Å². The van der Waals surface area contributed by atoms with Gasteiger partial charge < -0.3 is 10.5 Å². The van der Waals surface area contributed by atoms with Crippen molar-refractivity contribution in [1.82, 2.24) is 0 Å². The number of esters is 1. The summed E-state index contributed by atoms with van der Waals surface area (Å²) in [7, 11) is 0. The maximum absolute atomic E-state index is 11.0. The van der Waals surface area contributed by atoms with E-state index < -0.39 is 5.97 Å². The highest BCUT2D eigenvalue weighted by molar-refractivity contribution is 5.73. The van der Waals surface area contributed by atoms with Crippen molar-refractivity contribution in [3.8, 4) is 12.1 Å². The summed E-state index contributed by atoms with van der Waals surface area (Å²) in [5.41, 5.74) is 5.64. The van der Waals surface area contributed by atoms with Crippen molar-refractivity contribution in [2.24, 2.45) is 5.73 Å². The number of hydrogen-bond donors (Lipinski definition) is 1. The second-order valence-electron chi connectivity index (χ2n) is 2.43. The summed E-state index contributed by atoms with van der Waals surface area (Å²) >= 11 is 0. The molecule has 0 aliphatic rings. The number of nitrogens with two attached hydrogens (primary N) is 1. The minimum Gasteiger partial charge on any atom is -0.466 e. The van der Waals surface area contributed by atoms with E-state index in [1.807, 2.05) is 0 Å². The average Bonchev–Trinajstić information content (AvgIpc) is 2.15. The van der Waals surface area contributed by atoms with Gasteiger partial charge in [0.05, 0.1) is 37.2 Å². The second kappa shape index (κ2) is 6.50. The quantitative estimate of drug-likeness (QED) is 0.520.